The van der Waals surface area contributed by atoms with E-state index in [0.29, 0.717) is 11.5 Å². The van der Waals surface area contributed by atoms with Crippen LogP contribution in [0, 0.1) is 11.6 Å². The quantitative estimate of drug-likeness (QED) is 0.291. The van der Waals surface area contributed by atoms with Crippen LogP contribution in [-0.4, -0.2) is 0 Å². The molecule has 31 heavy (non-hydrogen) atoms. The number of hydrogen-bond donors (Lipinski definition) is 0. The van der Waals surface area contributed by atoms with Gasteiger partial charge in [0.25, 0.3) is 0 Å². The van der Waals surface area contributed by atoms with E-state index in [1.54, 1.807) is 6.07 Å². The summed E-state index contributed by atoms with van der Waals surface area (Å²) in [4.78, 5) is 0. The zero-order valence-corrected chi connectivity index (χ0v) is 17.7. The maximum Gasteiger partial charge on any atom is 0.159 e. The molecular weight excluding hydrogens is 386 g/mol. The fraction of sp³-hybridized carbons (Fsp3) is 0.172. The summed E-state index contributed by atoms with van der Waals surface area (Å²) in [5.74, 6) is -1.13. The van der Waals surface area contributed by atoms with Crippen LogP contribution < -0.4 is 0 Å². The molecule has 156 valence electrons. The molecule has 1 atom stereocenters. The Hall–Kier alpha value is -3.26. The Bertz CT molecular complexity index is 1110. The second kappa shape index (κ2) is 9.70. The summed E-state index contributed by atoms with van der Waals surface area (Å²) in [5.41, 5.74) is 6.86. The molecule has 4 rings (SSSR count). The largest absolute Gasteiger partial charge is 0.204 e. The SMILES string of the molecule is CC(Cc1ccc(CCc2ccc(-c3ccc(F)c(F)c3)cc2)cc1)c1ccccc1. The molecule has 4 aromatic rings. The molecule has 0 spiro atoms. The summed E-state index contributed by atoms with van der Waals surface area (Å²) in [7, 11) is 0. The molecule has 0 aliphatic heterocycles. The summed E-state index contributed by atoms with van der Waals surface area (Å²) in [6.45, 7) is 2.27. The number of aryl methyl sites for hydroxylation is 2. The van der Waals surface area contributed by atoms with Gasteiger partial charge in [-0.15, -0.1) is 0 Å². The minimum absolute atomic E-state index is 0.500. The zero-order valence-electron chi connectivity index (χ0n) is 17.7. The Morgan fingerprint density at radius 2 is 1.13 bits per heavy atom. The van der Waals surface area contributed by atoms with Crippen LogP contribution in [0.2, 0.25) is 0 Å². The van der Waals surface area contributed by atoms with Crippen molar-refractivity contribution < 1.29 is 8.78 Å². The highest BCUT2D eigenvalue weighted by molar-refractivity contribution is 5.63. The standard InChI is InChI=1S/C29H26F2/c1-21(25-5-3-2-4-6-25)19-24-11-9-22(10-12-24)7-8-23-13-15-26(16-14-23)27-17-18-28(30)29(31)20-27/h2-6,9-18,20-21H,7-8,19H2,1H3. The van der Waals surface area contributed by atoms with Gasteiger partial charge >= 0.3 is 0 Å². The first-order valence-corrected chi connectivity index (χ1v) is 10.8. The van der Waals surface area contributed by atoms with Crippen molar-refractivity contribution in [3.05, 3.63) is 131 Å². The van der Waals surface area contributed by atoms with Gasteiger partial charge in [0.1, 0.15) is 0 Å². The lowest BCUT2D eigenvalue weighted by Crippen LogP contribution is -1.99. The minimum atomic E-state index is -0.819. The second-order valence-corrected chi connectivity index (χ2v) is 8.16. The maximum atomic E-state index is 13.5. The predicted octanol–water partition coefficient (Wildman–Crippen LogP) is 7.76. The van der Waals surface area contributed by atoms with Crippen LogP contribution in [0.5, 0.6) is 0 Å². The fourth-order valence-electron chi connectivity index (χ4n) is 3.92. The van der Waals surface area contributed by atoms with Gasteiger partial charge in [-0.1, -0.05) is 91.9 Å². The van der Waals surface area contributed by atoms with Gasteiger partial charge in [-0.3, -0.25) is 0 Å². The van der Waals surface area contributed by atoms with E-state index in [1.807, 2.05) is 12.1 Å². The molecule has 2 heteroatoms. The van der Waals surface area contributed by atoms with Crippen LogP contribution in [0.15, 0.2) is 97.1 Å². The molecule has 0 saturated heterocycles. The average molecular weight is 413 g/mol. The van der Waals surface area contributed by atoms with E-state index >= 15 is 0 Å². The summed E-state index contributed by atoms with van der Waals surface area (Å²) in [6.07, 6.45) is 2.95. The second-order valence-electron chi connectivity index (χ2n) is 8.16. The van der Waals surface area contributed by atoms with E-state index in [2.05, 4.69) is 73.7 Å². The maximum absolute atomic E-state index is 13.5. The van der Waals surface area contributed by atoms with Crippen molar-refractivity contribution in [3.63, 3.8) is 0 Å². The lowest BCUT2D eigenvalue weighted by molar-refractivity contribution is 0.509. The van der Waals surface area contributed by atoms with Crippen molar-refractivity contribution >= 4 is 0 Å². The molecule has 0 aromatic heterocycles. The van der Waals surface area contributed by atoms with Crippen molar-refractivity contribution in [1.29, 1.82) is 0 Å². The highest BCUT2D eigenvalue weighted by Crippen LogP contribution is 2.23. The van der Waals surface area contributed by atoms with Gasteiger partial charge in [-0.25, -0.2) is 8.78 Å². The summed E-state index contributed by atoms with van der Waals surface area (Å²) in [6, 6.07) is 31.6. The number of halogens is 2. The third-order valence-corrected chi connectivity index (χ3v) is 5.84. The highest BCUT2D eigenvalue weighted by Gasteiger charge is 2.07. The Morgan fingerprint density at radius 3 is 1.74 bits per heavy atom. The third-order valence-electron chi connectivity index (χ3n) is 5.84. The van der Waals surface area contributed by atoms with Gasteiger partial charge in [0.05, 0.1) is 0 Å². The van der Waals surface area contributed by atoms with Crippen molar-refractivity contribution in [2.24, 2.45) is 0 Å². The van der Waals surface area contributed by atoms with E-state index < -0.39 is 11.6 Å². The first kappa shape index (κ1) is 21.0. The molecule has 0 aliphatic rings. The Labute approximate surface area is 183 Å². The van der Waals surface area contributed by atoms with Crippen molar-refractivity contribution in [2.75, 3.05) is 0 Å². The topological polar surface area (TPSA) is 0 Å². The van der Waals surface area contributed by atoms with Gasteiger partial charge in [-0.05, 0) is 70.7 Å². The van der Waals surface area contributed by atoms with Gasteiger partial charge in [0.2, 0.25) is 0 Å². The average Bonchev–Trinajstić information content (AvgIpc) is 2.81. The van der Waals surface area contributed by atoms with Crippen molar-refractivity contribution in [3.8, 4) is 11.1 Å². The van der Waals surface area contributed by atoms with E-state index in [9.17, 15) is 8.78 Å². The fourth-order valence-corrected chi connectivity index (χ4v) is 3.92. The van der Waals surface area contributed by atoms with E-state index in [1.165, 1.54) is 34.4 Å². The van der Waals surface area contributed by atoms with Crippen LogP contribution in [0.3, 0.4) is 0 Å². The number of rotatable bonds is 7. The lowest BCUT2D eigenvalue weighted by Gasteiger charge is -2.12. The molecule has 0 nitrogen and oxygen atoms in total. The van der Waals surface area contributed by atoms with E-state index in [0.717, 1.165) is 24.8 Å². The molecule has 1 unspecified atom stereocenters. The van der Waals surface area contributed by atoms with E-state index in [4.69, 9.17) is 0 Å². The monoisotopic (exact) mass is 412 g/mol. The smallest absolute Gasteiger partial charge is 0.159 e. The van der Waals surface area contributed by atoms with Gasteiger partial charge in [-0.2, -0.15) is 0 Å². The first-order valence-electron chi connectivity index (χ1n) is 10.8. The van der Waals surface area contributed by atoms with Gasteiger partial charge in [0.15, 0.2) is 11.6 Å². The van der Waals surface area contributed by atoms with Crippen LogP contribution >= 0.6 is 0 Å². The highest BCUT2D eigenvalue weighted by atomic mass is 19.2. The summed E-state index contributed by atoms with van der Waals surface area (Å²) in [5, 5.41) is 0. The summed E-state index contributed by atoms with van der Waals surface area (Å²) < 4.78 is 26.6. The molecular formula is C29H26F2. The first-order chi connectivity index (χ1) is 15.1. The zero-order chi connectivity index (χ0) is 21.6. The van der Waals surface area contributed by atoms with Crippen molar-refractivity contribution in [1.82, 2.24) is 0 Å². The molecule has 4 aromatic carbocycles. The van der Waals surface area contributed by atoms with Crippen molar-refractivity contribution in [2.45, 2.75) is 32.1 Å². The Kier molecular flexibility index (Phi) is 6.57. The Morgan fingerprint density at radius 1 is 0.581 bits per heavy atom. The number of benzene rings is 4. The minimum Gasteiger partial charge on any atom is -0.204 e. The van der Waals surface area contributed by atoms with E-state index in [-0.39, 0.29) is 0 Å². The summed E-state index contributed by atoms with van der Waals surface area (Å²) >= 11 is 0. The lowest BCUT2D eigenvalue weighted by atomic mass is 9.93. The molecule has 0 saturated carbocycles. The van der Waals surface area contributed by atoms with Gasteiger partial charge in [0, 0.05) is 0 Å². The molecule has 0 heterocycles. The molecule has 0 amide bonds. The molecule has 0 bridgehead atoms. The number of hydrogen-bond acceptors (Lipinski definition) is 0. The third kappa shape index (κ3) is 5.46. The molecule has 0 radical (unpaired) electrons. The Balaban J connectivity index is 1.33. The normalized spacial score (nSPS) is 12.0. The van der Waals surface area contributed by atoms with Crippen LogP contribution in [-0.2, 0) is 19.3 Å². The van der Waals surface area contributed by atoms with Crippen LogP contribution in [0.1, 0.15) is 35.1 Å². The molecule has 0 fully saturated rings. The molecule has 0 N–H and O–H groups in total. The molecule has 0 aliphatic carbocycles. The van der Waals surface area contributed by atoms with Gasteiger partial charge < -0.3 is 0 Å². The predicted molar refractivity (Wildman–Crippen MR) is 124 cm³/mol. The van der Waals surface area contributed by atoms with Crippen LogP contribution in [0.4, 0.5) is 8.78 Å². The van der Waals surface area contributed by atoms with Crippen LogP contribution in [0.25, 0.3) is 11.1 Å².